The third-order valence-corrected chi connectivity index (χ3v) is 0. The Morgan fingerprint density at radius 2 is 1.00 bits per heavy atom. The molecular weight excluding hydrogens is 220 g/mol. The SMILES string of the molecule is [Cl][Co]([Cl])[Cl].[Mn]. The van der Waals surface area contributed by atoms with Crippen LogP contribution in [0.15, 0.2) is 0 Å². The van der Waals surface area contributed by atoms with Gasteiger partial charge < -0.3 is 0 Å². The van der Waals surface area contributed by atoms with Gasteiger partial charge in [0.15, 0.2) is 0 Å². The summed E-state index contributed by atoms with van der Waals surface area (Å²) in [7, 11) is 13.4. The van der Waals surface area contributed by atoms with Crippen LogP contribution in [0.25, 0.3) is 0 Å². The Balaban J connectivity index is 0. The van der Waals surface area contributed by atoms with E-state index in [0.29, 0.717) is 0 Å². The molecule has 0 atom stereocenters. The smallest absolute Gasteiger partial charge is 0 e. The van der Waals surface area contributed by atoms with Crippen LogP contribution in [0.1, 0.15) is 0 Å². The summed E-state index contributed by atoms with van der Waals surface area (Å²) in [6, 6.07) is 0. The summed E-state index contributed by atoms with van der Waals surface area (Å²) in [6.07, 6.45) is 0. The van der Waals surface area contributed by atoms with Gasteiger partial charge in [-0.15, -0.1) is 0 Å². The molecule has 0 rings (SSSR count). The largest absolute Gasteiger partial charge is 0 e. The van der Waals surface area contributed by atoms with E-state index >= 15 is 0 Å². The molecule has 0 amide bonds. The first kappa shape index (κ1) is 10.0. The number of halogens is 3. The van der Waals surface area contributed by atoms with Crippen LogP contribution in [0.4, 0.5) is 0 Å². The minimum atomic E-state index is -1.19. The van der Waals surface area contributed by atoms with Crippen molar-refractivity contribution in [1.29, 1.82) is 0 Å². The van der Waals surface area contributed by atoms with E-state index in [0.717, 1.165) is 0 Å². The molecule has 0 aromatic carbocycles. The predicted octanol–water partition coefficient (Wildman–Crippen LogP) is 2.06. The summed E-state index contributed by atoms with van der Waals surface area (Å²) in [6.45, 7) is 0. The maximum atomic E-state index is 4.87. The van der Waals surface area contributed by atoms with E-state index in [1.165, 1.54) is 0 Å². The summed E-state index contributed by atoms with van der Waals surface area (Å²) in [4.78, 5) is 0. The second-order valence-electron chi connectivity index (χ2n) is 0.143. The van der Waals surface area contributed by atoms with Crippen molar-refractivity contribution in [3.63, 3.8) is 0 Å². The van der Waals surface area contributed by atoms with Gasteiger partial charge in [0.05, 0.1) is 0 Å². The Hall–Kier alpha value is 1.90. The van der Waals surface area contributed by atoms with Gasteiger partial charge in [-0.05, 0) is 0 Å². The molecule has 5 heteroatoms. The topological polar surface area (TPSA) is 0 Å². The van der Waals surface area contributed by atoms with Gasteiger partial charge in [-0.2, -0.15) is 0 Å². The van der Waals surface area contributed by atoms with Crippen LogP contribution in [-0.2, 0) is 28.0 Å². The van der Waals surface area contributed by atoms with Crippen molar-refractivity contribution < 1.29 is 28.0 Å². The molecule has 0 N–H and O–H groups in total. The summed E-state index contributed by atoms with van der Waals surface area (Å²) < 4.78 is 0. The Morgan fingerprint density at radius 1 is 1.00 bits per heavy atom. The minimum Gasteiger partial charge on any atom is 0 e. The first-order valence-electron chi connectivity index (χ1n) is 0.378. The second kappa shape index (κ2) is 5.90. The van der Waals surface area contributed by atoms with E-state index in [1.807, 2.05) is 0 Å². The molecule has 0 aromatic rings. The monoisotopic (exact) mass is 219 g/mol. The van der Waals surface area contributed by atoms with Crippen LogP contribution in [-0.4, -0.2) is 0 Å². The molecule has 0 heterocycles. The Labute approximate surface area is 58.1 Å². The van der Waals surface area contributed by atoms with E-state index in [4.69, 9.17) is 30.4 Å². The maximum Gasteiger partial charge on any atom is 0 e. The van der Waals surface area contributed by atoms with Crippen molar-refractivity contribution >= 4 is 30.4 Å². The predicted molar refractivity (Wildman–Crippen MR) is 17.6 cm³/mol. The summed E-state index contributed by atoms with van der Waals surface area (Å²) in [5.74, 6) is 0. The molecule has 0 aliphatic rings. The molecule has 0 nitrogen and oxygen atoms in total. The number of hydrogen-bond acceptors (Lipinski definition) is 0. The van der Waals surface area contributed by atoms with Gasteiger partial charge >= 0.3 is 41.4 Å². The van der Waals surface area contributed by atoms with Crippen LogP contribution < -0.4 is 0 Å². The van der Waals surface area contributed by atoms with Gasteiger partial charge in [0.1, 0.15) is 0 Å². The third-order valence-electron chi connectivity index (χ3n) is 0. The van der Waals surface area contributed by atoms with Crippen LogP contribution in [0.3, 0.4) is 0 Å². The van der Waals surface area contributed by atoms with Crippen LogP contribution in [0.5, 0.6) is 0 Å². The molecule has 0 spiro atoms. The number of rotatable bonds is 0. The summed E-state index contributed by atoms with van der Waals surface area (Å²) >= 11 is 0. The first-order valence-corrected chi connectivity index (χ1v) is 4.68. The average molecular weight is 220 g/mol. The Kier molecular flexibility index (Phi) is 11.8. The quantitative estimate of drug-likeness (QED) is 0.548. The second-order valence-corrected chi connectivity index (χ2v) is 5.30. The van der Waals surface area contributed by atoms with Gasteiger partial charge in [-0.1, -0.05) is 0 Å². The van der Waals surface area contributed by atoms with E-state index < -0.39 is 10.9 Å². The summed E-state index contributed by atoms with van der Waals surface area (Å²) in [5.41, 5.74) is 0. The Morgan fingerprint density at radius 3 is 1.00 bits per heavy atom. The van der Waals surface area contributed by atoms with E-state index in [-0.39, 0.29) is 17.1 Å². The van der Waals surface area contributed by atoms with Crippen molar-refractivity contribution in [3.8, 4) is 0 Å². The number of hydrogen-bond donors (Lipinski definition) is 0. The normalized spacial score (nSPS) is 9.00. The molecule has 0 aliphatic heterocycles. The molecule has 0 aliphatic carbocycles. The van der Waals surface area contributed by atoms with Crippen LogP contribution in [0, 0.1) is 0 Å². The fourth-order valence-corrected chi connectivity index (χ4v) is 0. The summed E-state index contributed by atoms with van der Waals surface area (Å²) in [5, 5.41) is 0. The van der Waals surface area contributed by atoms with Crippen molar-refractivity contribution in [1.82, 2.24) is 0 Å². The van der Waals surface area contributed by atoms with Gasteiger partial charge in [-0.25, -0.2) is 0 Å². The van der Waals surface area contributed by atoms with E-state index in [2.05, 4.69) is 0 Å². The van der Waals surface area contributed by atoms with Crippen molar-refractivity contribution in [3.05, 3.63) is 0 Å². The van der Waals surface area contributed by atoms with Gasteiger partial charge in [-0.3, -0.25) is 0 Å². The molecule has 0 saturated carbocycles. The zero-order valence-corrected chi connectivity index (χ0v) is 6.33. The molecule has 37 valence electrons. The van der Waals surface area contributed by atoms with Crippen molar-refractivity contribution in [2.75, 3.05) is 0 Å². The van der Waals surface area contributed by atoms with Crippen molar-refractivity contribution in [2.45, 2.75) is 0 Å². The molecule has 0 bridgehead atoms. The molecule has 0 unspecified atom stereocenters. The van der Waals surface area contributed by atoms with Crippen LogP contribution >= 0.6 is 30.4 Å². The van der Waals surface area contributed by atoms with Gasteiger partial charge in [0, 0.05) is 17.1 Å². The zero-order chi connectivity index (χ0) is 3.58. The maximum absolute atomic E-state index is 4.87. The molecule has 0 aromatic heterocycles. The van der Waals surface area contributed by atoms with E-state index in [1.54, 1.807) is 0 Å². The molecule has 1 radical (unpaired) electrons. The molecule has 5 heavy (non-hydrogen) atoms. The van der Waals surface area contributed by atoms with Gasteiger partial charge in [0.2, 0.25) is 0 Å². The average Bonchev–Trinajstić information content (AvgIpc) is 0.811. The van der Waals surface area contributed by atoms with Crippen molar-refractivity contribution in [2.24, 2.45) is 0 Å². The molecule has 0 saturated heterocycles. The third kappa shape index (κ3) is 24.9. The molecule has 0 fully saturated rings. The van der Waals surface area contributed by atoms with Crippen LogP contribution in [0.2, 0.25) is 0 Å². The van der Waals surface area contributed by atoms with Gasteiger partial charge in [0.25, 0.3) is 0 Å². The standard InChI is InChI=1S/3ClH.Co.Mn/h3*1H;;/q;;;+3;/p-3. The molecular formula is Cl3CoMn. The zero-order valence-electron chi connectivity index (χ0n) is 1.85. The first-order chi connectivity index (χ1) is 1.73. The Bertz CT molecular complexity index is 11.6. The fourth-order valence-electron chi connectivity index (χ4n) is 0. The minimum absolute atomic E-state index is 0. The van der Waals surface area contributed by atoms with E-state index in [9.17, 15) is 0 Å². The fraction of sp³-hybridized carbons (Fsp3) is 0.